The first kappa shape index (κ1) is 9.19. The lowest BCUT2D eigenvalue weighted by Crippen LogP contribution is -2.51. The molecule has 0 amide bonds. The normalized spacial score (nSPS) is 27.4. The van der Waals surface area contributed by atoms with Gasteiger partial charge in [0, 0.05) is 5.69 Å². The van der Waals surface area contributed by atoms with Crippen LogP contribution in [0.5, 0.6) is 0 Å². The predicted octanol–water partition coefficient (Wildman–Crippen LogP) is 1.23. The van der Waals surface area contributed by atoms with Gasteiger partial charge in [0.05, 0.1) is 11.6 Å². The molecule has 1 aromatic carbocycles. The summed E-state index contributed by atoms with van der Waals surface area (Å²) in [6, 6.07) is 8.56. The van der Waals surface area contributed by atoms with Crippen LogP contribution in [-0.2, 0) is 0 Å². The Labute approximate surface area is 90.0 Å². The molecule has 0 radical (unpaired) electrons. The van der Waals surface area contributed by atoms with Crippen LogP contribution < -0.4 is 16.4 Å². The first-order valence-corrected chi connectivity index (χ1v) is 5.65. The number of hydrogen-bond acceptors (Lipinski definition) is 3. The number of fused-ring (bicyclic) bond motifs is 1. The molecule has 4 N–H and O–H groups in total. The van der Waals surface area contributed by atoms with Crippen molar-refractivity contribution in [3.05, 3.63) is 29.8 Å². The Bertz CT molecular complexity index is 369. The zero-order chi connectivity index (χ0) is 10.3. The summed E-state index contributed by atoms with van der Waals surface area (Å²) < 4.78 is 0. The van der Waals surface area contributed by atoms with Crippen LogP contribution in [0.1, 0.15) is 24.4 Å². The van der Waals surface area contributed by atoms with E-state index in [-0.39, 0.29) is 11.6 Å². The minimum absolute atomic E-state index is 0.106. The van der Waals surface area contributed by atoms with E-state index in [4.69, 9.17) is 5.73 Å². The number of rotatable bonds is 0. The maximum atomic E-state index is 6.37. The van der Waals surface area contributed by atoms with Crippen LogP contribution in [0, 0.1) is 0 Å². The summed E-state index contributed by atoms with van der Waals surface area (Å²) >= 11 is 0. The van der Waals surface area contributed by atoms with Crippen molar-refractivity contribution in [2.24, 2.45) is 5.73 Å². The molecule has 1 atom stereocenters. The van der Waals surface area contributed by atoms with E-state index in [2.05, 4.69) is 34.9 Å². The number of anilines is 1. The molecule has 3 heteroatoms. The van der Waals surface area contributed by atoms with Gasteiger partial charge in [0.15, 0.2) is 0 Å². The lowest BCUT2D eigenvalue weighted by molar-refractivity contribution is 0.302. The highest BCUT2D eigenvalue weighted by atomic mass is 15.1. The van der Waals surface area contributed by atoms with Crippen LogP contribution in [-0.4, -0.2) is 18.6 Å². The van der Waals surface area contributed by atoms with E-state index in [1.807, 2.05) is 0 Å². The van der Waals surface area contributed by atoms with Gasteiger partial charge in [0.1, 0.15) is 0 Å². The molecule has 3 nitrogen and oxygen atoms in total. The third kappa shape index (κ3) is 1.27. The monoisotopic (exact) mass is 203 g/mol. The van der Waals surface area contributed by atoms with E-state index >= 15 is 0 Å². The highest BCUT2D eigenvalue weighted by Gasteiger charge is 2.44. The van der Waals surface area contributed by atoms with Crippen molar-refractivity contribution in [3.63, 3.8) is 0 Å². The van der Waals surface area contributed by atoms with E-state index in [1.54, 1.807) is 0 Å². The van der Waals surface area contributed by atoms with Crippen LogP contribution in [0.2, 0.25) is 0 Å². The van der Waals surface area contributed by atoms with Crippen LogP contribution >= 0.6 is 0 Å². The van der Waals surface area contributed by atoms with Crippen molar-refractivity contribution in [1.82, 2.24) is 5.32 Å². The van der Waals surface area contributed by atoms with Crippen LogP contribution in [0.3, 0.4) is 0 Å². The smallest absolute Gasteiger partial charge is 0.0591 e. The fraction of sp³-hybridized carbons (Fsp3) is 0.500. The van der Waals surface area contributed by atoms with E-state index in [9.17, 15) is 0 Å². The molecule has 2 heterocycles. The molecular weight excluding hydrogens is 186 g/mol. The first-order chi connectivity index (χ1) is 7.32. The molecule has 1 spiro atoms. The van der Waals surface area contributed by atoms with Gasteiger partial charge in [-0.2, -0.15) is 0 Å². The van der Waals surface area contributed by atoms with Gasteiger partial charge in [0.25, 0.3) is 0 Å². The van der Waals surface area contributed by atoms with Crippen LogP contribution in [0.4, 0.5) is 5.69 Å². The predicted molar refractivity (Wildman–Crippen MR) is 61.8 cm³/mol. The molecule has 0 aromatic heterocycles. The van der Waals surface area contributed by atoms with Gasteiger partial charge in [-0.1, -0.05) is 18.2 Å². The van der Waals surface area contributed by atoms with Crippen molar-refractivity contribution < 1.29 is 0 Å². The van der Waals surface area contributed by atoms with E-state index in [0.29, 0.717) is 0 Å². The minimum atomic E-state index is 0.106. The topological polar surface area (TPSA) is 50.1 Å². The van der Waals surface area contributed by atoms with E-state index in [0.717, 1.165) is 25.9 Å². The van der Waals surface area contributed by atoms with Crippen molar-refractivity contribution in [1.29, 1.82) is 0 Å². The van der Waals surface area contributed by atoms with Crippen molar-refractivity contribution >= 4 is 5.69 Å². The summed E-state index contributed by atoms with van der Waals surface area (Å²) in [4.78, 5) is 0. The van der Waals surface area contributed by atoms with Gasteiger partial charge in [-0.15, -0.1) is 0 Å². The quantitative estimate of drug-likeness (QED) is 0.594. The van der Waals surface area contributed by atoms with E-state index < -0.39 is 0 Å². The molecule has 15 heavy (non-hydrogen) atoms. The largest absolute Gasteiger partial charge is 0.377 e. The number of piperidine rings is 1. The summed E-state index contributed by atoms with van der Waals surface area (Å²) in [6.45, 7) is 2.13. The molecule has 1 fully saturated rings. The van der Waals surface area contributed by atoms with Crippen LogP contribution in [0.25, 0.3) is 0 Å². The number of nitrogens with two attached hydrogens (primary N) is 1. The number of para-hydroxylation sites is 1. The molecule has 1 aromatic rings. The second-order valence-electron chi connectivity index (χ2n) is 4.60. The highest BCUT2D eigenvalue weighted by Crippen LogP contribution is 2.43. The summed E-state index contributed by atoms with van der Waals surface area (Å²) in [6.07, 6.45) is 2.23. The first-order valence-electron chi connectivity index (χ1n) is 5.65. The molecule has 1 saturated heterocycles. The highest BCUT2D eigenvalue weighted by molar-refractivity contribution is 5.61. The van der Waals surface area contributed by atoms with Crippen molar-refractivity contribution in [2.75, 3.05) is 18.4 Å². The second kappa shape index (κ2) is 3.22. The Morgan fingerprint density at radius 2 is 1.93 bits per heavy atom. The number of nitrogens with one attached hydrogen (secondary N) is 2. The lowest BCUT2D eigenvalue weighted by Gasteiger charge is -2.38. The zero-order valence-corrected chi connectivity index (χ0v) is 8.79. The standard InChI is InChI=1S/C12H17N3/c13-11-9-3-1-2-4-10(9)15-12(11)5-7-14-8-6-12/h1-4,11,14-15H,5-8,13H2/t11-/m1/s1. The molecular formula is C12H17N3. The Hall–Kier alpha value is -1.06. The summed E-state index contributed by atoms with van der Waals surface area (Å²) in [5.41, 5.74) is 8.98. The zero-order valence-electron chi connectivity index (χ0n) is 8.79. The Balaban J connectivity index is 1.98. The van der Waals surface area contributed by atoms with Crippen molar-refractivity contribution in [3.8, 4) is 0 Å². The molecule has 0 saturated carbocycles. The Morgan fingerprint density at radius 3 is 2.67 bits per heavy atom. The molecule has 0 bridgehead atoms. The Morgan fingerprint density at radius 1 is 1.20 bits per heavy atom. The number of benzene rings is 1. The average Bonchev–Trinajstić information content (AvgIpc) is 2.54. The third-order valence-corrected chi connectivity index (χ3v) is 3.77. The van der Waals surface area contributed by atoms with Crippen LogP contribution in [0.15, 0.2) is 24.3 Å². The molecule has 0 aliphatic carbocycles. The minimum Gasteiger partial charge on any atom is -0.377 e. The molecule has 0 unspecified atom stereocenters. The fourth-order valence-corrected chi connectivity index (χ4v) is 2.83. The maximum Gasteiger partial charge on any atom is 0.0591 e. The maximum absolute atomic E-state index is 6.37. The van der Waals surface area contributed by atoms with Crippen molar-refractivity contribution in [2.45, 2.75) is 24.4 Å². The number of hydrogen-bond donors (Lipinski definition) is 3. The summed E-state index contributed by atoms with van der Waals surface area (Å²) in [5.74, 6) is 0. The molecule has 3 rings (SSSR count). The molecule has 80 valence electrons. The average molecular weight is 203 g/mol. The van der Waals surface area contributed by atoms with Gasteiger partial charge in [0.2, 0.25) is 0 Å². The summed E-state index contributed by atoms with van der Waals surface area (Å²) in [7, 11) is 0. The SMILES string of the molecule is N[C@@H]1c2ccccc2NC12CCNCC2. The second-order valence-corrected chi connectivity index (χ2v) is 4.60. The van der Waals surface area contributed by atoms with Gasteiger partial charge < -0.3 is 16.4 Å². The lowest BCUT2D eigenvalue weighted by atomic mass is 9.82. The fourth-order valence-electron chi connectivity index (χ4n) is 2.83. The molecule has 2 aliphatic heterocycles. The molecule has 2 aliphatic rings. The van der Waals surface area contributed by atoms with Gasteiger partial charge in [-0.05, 0) is 37.6 Å². The van der Waals surface area contributed by atoms with Gasteiger partial charge in [-0.25, -0.2) is 0 Å². The third-order valence-electron chi connectivity index (χ3n) is 3.77. The Kier molecular flexibility index (Phi) is 1.97. The van der Waals surface area contributed by atoms with E-state index in [1.165, 1.54) is 11.3 Å². The van der Waals surface area contributed by atoms with Gasteiger partial charge in [-0.3, -0.25) is 0 Å². The summed E-state index contributed by atoms with van der Waals surface area (Å²) in [5, 5.41) is 7.02. The van der Waals surface area contributed by atoms with Gasteiger partial charge >= 0.3 is 0 Å².